The summed E-state index contributed by atoms with van der Waals surface area (Å²) in [5.74, 6) is 0. The molecule has 17 heavy (non-hydrogen) atoms. The van der Waals surface area contributed by atoms with Crippen molar-refractivity contribution in [2.75, 3.05) is 0 Å². The van der Waals surface area contributed by atoms with Gasteiger partial charge in [-0.05, 0) is 40.0 Å². The van der Waals surface area contributed by atoms with Gasteiger partial charge < -0.3 is 13.6 Å². The van der Waals surface area contributed by atoms with Crippen LogP contribution < -0.4 is 0 Å². The molecule has 1 radical (unpaired) electrons. The molecule has 0 aliphatic rings. The van der Waals surface area contributed by atoms with E-state index in [1.165, 1.54) is 0 Å². The van der Waals surface area contributed by atoms with Gasteiger partial charge in [0.1, 0.15) is 0 Å². The van der Waals surface area contributed by atoms with E-state index in [1.807, 2.05) is 0 Å². The summed E-state index contributed by atoms with van der Waals surface area (Å²) in [5, 5.41) is 0. The zero-order valence-electron chi connectivity index (χ0n) is 11.9. The van der Waals surface area contributed by atoms with Crippen LogP contribution in [0, 0.1) is 0 Å². The minimum absolute atomic E-state index is 0. The summed E-state index contributed by atoms with van der Waals surface area (Å²) in [5.41, 5.74) is 0. The first-order valence-corrected chi connectivity index (χ1v) is 7.43. The molecule has 0 saturated heterocycles. The van der Waals surface area contributed by atoms with Gasteiger partial charge in [0.05, 0.1) is 18.3 Å². The van der Waals surface area contributed by atoms with Gasteiger partial charge >= 0.3 is 8.60 Å². The maximum absolute atomic E-state index is 5.76. The Morgan fingerprint density at radius 3 is 1.12 bits per heavy atom. The Labute approximate surface area is 118 Å². The largest absolute Gasteiger partial charge is 0.333 e. The maximum Gasteiger partial charge on any atom is 0.333 e. The molecule has 0 aliphatic carbocycles. The Morgan fingerprint density at radius 2 is 0.941 bits per heavy atom. The van der Waals surface area contributed by atoms with E-state index < -0.39 is 8.60 Å². The Kier molecular flexibility index (Phi) is 14.1. The van der Waals surface area contributed by atoms with Crippen molar-refractivity contribution in [3.63, 3.8) is 0 Å². The van der Waals surface area contributed by atoms with Crippen LogP contribution in [0.15, 0.2) is 0 Å². The second-order valence-electron chi connectivity index (χ2n) is 4.20. The van der Waals surface area contributed by atoms with Crippen LogP contribution >= 0.6 is 8.60 Å². The standard InChI is InChI=1S/C12H27O3P.Co/c1-7-10(4)13-16(14-11(5)8-2)15-12(6)9-3;/h10-12H,7-9H2,1-6H3;. The molecule has 0 aromatic carbocycles. The van der Waals surface area contributed by atoms with Crippen LogP contribution in [0.4, 0.5) is 0 Å². The van der Waals surface area contributed by atoms with Crippen LogP contribution in [0.1, 0.15) is 60.8 Å². The fraction of sp³-hybridized carbons (Fsp3) is 1.00. The summed E-state index contributed by atoms with van der Waals surface area (Å²) in [6.07, 6.45) is 3.52. The van der Waals surface area contributed by atoms with Crippen LogP contribution in [0.3, 0.4) is 0 Å². The van der Waals surface area contributed by atoms with Gasteiger partial charge in [0, 0.05) is 16.8 Å². The van der Waals surface area contributed by atoms with Gasteiger partial charge in [-0.25, -0.2) is 0 Å². The molecular weight excluding hydrogens is 282 g/mol. The molecule has 0 rings (SSSR count). The van der Waals surface area contributed by atoms with Crippen molar-refractivity contribution in [2.24, 2.45) is 0 Å². The molecule has 3 unspecified atom stereocenters. The zero-order valence-corrected chi connectivity index (χ0v) is 13.8. The first-order valence-electron chi connectivity index (χ1n) is 6.33. The van der Waals surface area contributed by atoms with Crippen LogP contribution in [0.2, 0.25) is 0 Å². The van der Waals surface area contributed by atoms with Gasteiger partial charge in [-0.3, -0.25) is 0 Å². The van der Waals surface area contributed by atoms with Crippen molar-refractivity contribution in [3.05, 3.63) is 0 Å². The third-order valence-electron chi connectivity index (χ3n) is 2.52. The molecule has 5 heteroatoms. The predicted molar refractivity (Wildman–Crippen MR) is 69.4 cm³/mol. The van der Waals surface area contributed by atoms with Gasteiger partial charge in [0.15, 0.2) is 0 Å². The fourth-order valence-electron chi connectivity index (χ4n) is 0.739. The Hall–Kier alpha value is 0.816. The predicted octanol–water partition coefficient (Wildman–Crippen LogP) is 4.66. The van der Waals surface area contributed by atoms with E-state index in [2.05, 4.69) is 41.5 Å². The monoisotopic (exact) mass is 309 g/mol. The number of hydrogen-bond acceptors (Lipinski definition) is 3. The zero-order chi connectivity index (χ0) is 12.6. The molecule has 0 bridgehead atoms. The third-order valence-corrected chi connectivity index (χ3v) is 4.12. The van der Waals surface area contributed by atoms with Gasteiger partial charge in [-0.2, -0.15) is 0 Å². The van der Waals surface area contributed by atoms with Gasteiger partial charge in [0.2, 0.25) is 0 Å². The topological polar surface area (TPSA) is 27.7 Å². The molecular formula is C12H27CoO3P. The van der Waals surface area contributed by atoms with Crippen molar-refractivity contribution in [1.29, 1.82) is 0 Å². The molecule has 3 nitrogen and oxygen atoms in total. The average Bonchev–Trinajstić information content (AvgIpc) is 2.28. The fourth-order valence-corrected chi connectivity index (χ4v) is 2.22. The van der Waals surface area contributed by atoms with E-state index in [4.69, 9.17) is 13.6 Å². The van der Waals surface area contributed by atoms with Crippen molar-refractivity contribution in [3.8, 4) is 0 Å². The molecule has 0 heterocycles. The summed E-state index contributed by atoms with van der Waals surface area (Å²) < 4.78 is 17.3. The molecule has 107 valence electrons. The van der Waals surface area contributed by atoms with Crippen LogP contribution in [-0.4, -0.2) is 18.3 Å². The van der Waals surface area contributed by atoms with Crippen LogP contribution in [0.25, 0.3) is 0 Å². The second-order valence-corrected chi connectivity index (χ2v) is 5.28. The van der Waals surface area contributed by atoms with Crippen molar-refractivity contribution < 1.29 is 30.4 Å². The van der Waals surface area contributed by atoms with Crippen LogP contribution in [0.5, 0.6) is 0 Å². The van der Waals surface area contributed by atoms with E-state index in [-0.39, 0.29) is 35.1 Å². The van der Waals surface area contributed by atoms with E-state index in [0.717, 1.165) is 19.3 Å². The smallest absolute Gasteiger partial charge is 0.309 e. The van der Waals surface area contributed by atoms with E-state index in [1.54, 1.807) is 0 Å². The SMILES string of the molecule is CCC(C)OP(OC(C)CC)OC(C)CC.[Co]. The summed E-state index contributed by atoms with van der Waals surface area (Å²) in [7, 11) is -1.20. The first-order chi connectivity index (χ1) is 7.53. The summed E-state index contributed by atoms with van der Waals surface area (Å²) in [6.45, 7) is 12.5. The maximum atomic E-state index is 5.76. The van der Waals surface area contributed by atoms with Crippen molar-refractivity contribution >= 4 is 8.60 Å². The van der Waals surface area contributed by atoms with Crippen LogP contribution in [-0.2, 0) is 30.4 Å². The van der Waals surface area contributed by atoms with E-state index >= 15 is 0 Å². The first kappa shape index (κ1) is 20.1. The molecule has 0 amide bonds. The van der Waals surface area contributed by atoms with E-state index in [9.17, 15) is 0 Å². The van der Waals surface area contributed by atoms with Gasteiger partial charge in [-0.15, -0.1) is 0 Å². The Morgan fingerprint density at radius 1 is 0.706 bits per heavy atom. The second kappa shape index (κ2) is 11.9. The molecule has 0 aromatic rings. The quantitative estimate of drug-likeness (QED) is 0.580. The van der Waals surface area contributed by atoms with Gasteiger partial charge in [-0.1, -0.05) is 20.8 Å². The average molecular weight is 309 g/mol. The normalized spacial score (nSPS) is 18.0. The Balaban J connectivity index is 0. The third kappa shape index (κ3) is 10.4. The van der Waals surface area contributed by atoms with Crippen molar-refractivity contribution in [1.82, 2.24) is 0 Å². The minimum Gasteiger partial charge on any atom is -0.309 e. The molecule has 0 saturated carbocycles. The molecule has 0 aromatic heterocycles. The van der Waals surface area contributed by atoms with E-state index in [0.29, 0.717) is 0 Å². The molecule has 0 N–H and O–H groups in total. The van der Waals surface area contributed by atoms with Crippen molar-refractivity contribution in [2.45, 2.75) is 79.1 Å². The molecule has 0 fully saturated rings. The Bertz CT molecular complexity index is 143. The number of rotatable bonds is 9. The van der Waals surface area contributed by atoms with Gasteiger partial charge in [0.25, 0.3) is 0 Å². The summed E-state index contributed by atoms with van der Waals surface area (Å²) in [4.78, 5) is 0. The molecule has 3 atom stereocenters. The summed E-state index contributed by atoms with van der Waals surface area (Å²) >= 11 is 0. The molecule has 0 aliphatic heterocycles. The number of hydrogen-bond donors (Lipinski definition) is 0. The molecule has 0 spiro atoms. The minimum atomic E-state index is -1.20. The summed E-state index contributed by atoms with van der Waals surface area (Å²) in [6, 6.07) is 0.